The van der Waals surface area contributed by atoms with Crippen LogP contribution in [0.1, 0.15) is 58.9 Å². The van der Waals surface area contributed by atoms with Crippen LogP contribution in [0.15, 0.2) is 72.8 Å². The van der Waals surface area contributed by atoms with Crippen molar-refractivity contribution >= 4 is 5.91 Å². The van der Waals surface area contributed by atoms with Crippen molar-refractivity contribution in [2.24, 2.45) is 5.92 Å². The predicted molar refractivity (Wildman–Crippen MR) is 124 cm³/mol. The third-order valence-electron chi connectivity index (χ3n) is 6.82. The number of amides is 1. The molecule has 0 aliphatic heterocycles. The van der Waals surface area contributed by atoms with Gasteiger partial charge < -0.3 is 10.1 Å². The van der Waals surface area contributed by atoms with Crippen LogP contribution in [-0.2, 0) is 4.79 Å². The Morgan fingerprint density at radius 3 is 2.16 bits per heavy atom. The van der Waals surface area contributed by atoms with Crippen LogP contribution in [0.2, 0.25) is 0 Å². The number of nitrogens with one attached hydrogen (secondary N) is 1. The molecule has 31 heavy (non-hydrogen) atoms. The van der Waals surface area contributed by atoms with E-state index in [0.717, 1.165) is 25.1 Å². The molecule has 0 fully saturated rings. The zero-order valence-electron chi connectivity index (χ0n) is 18.0. The van der Waals surface area contributed by atoms with Crippen LogP contribution in [0.5, 0.6) is 5.75 Å². The van der Waals surface area contributed by atoms with Crippen LogP contribution < -0.4 is 10.1 Å². The molecule has 3 aromatic carbocycles. The van der Waals surface area contributed by atoms with Crippen molar-refractivity contribution < 1.29 is 9.53 Å². The fourth-order valence-corrected chi connectivity index (χ4v) is 5.35. The molecule has 3 heteroatoms. The topological polar surface area (TPSA) is 38.3 Å². The molecular weight excluding hydrogens is 382 g/mol. The second kappa shape index (κ2) is 8.58. The van der Waals surface area contributed by atoms with E-state index in [1.165, 1.54) is 27.8 Å². The number of carbonyl (C=O) groups excluding carboxylic acids is 1. The van der Waals surface area contributed by atoms with Gasteiger partial charge in [-0.2, -0.15) is 0 Å². The van der Waals surface area contributed by atoms with Gasteiger partial charge in [0.2, 0.25) is 5.91 Å². The first-order valence-electron chi connectivity index (χ1n) is 11.3. The Labute approximate surface area is 184 Å². The lowest BCUT2D eigenvalue weighted by molar-refractivity contribution is -0.121. The zero-order valence-corrected chi connectivity index (χ0v) is 18.0. The monoisotopic (exact) mass is 411 g/mol. The van der Waals surface area contributed by atoms with Crippen molar-refractivity contribution in [3.8, 4) is 5.75 Å². The van der Waals surface area contributed by atoms with E-state index in [1.54, 1.807) is 0 Å². The van der Waals surface area contributed by atoms with Gasteiger partial charge in [0.05, 0.1) is 6.61 Å². The standard InChI is InChI=1S/C28H29NO2/c1-19-12-14-21(15-13-19)31-16-6-11-27(30)29-18-20-17-26-22-7-2-4-9-24(22)28(20)25-10-5-3-8-23(25)26/h2-5,7-10,12-15,20,26,28H,6,11,16-18H2,1H3,(H,29,30). The second-order valence-corrected chi connectivity index (χ2v) is 8.85. The molecule has 2 bridgehead atoms. The number of benzene rings is 3. The number of hydrogen-bond acceptors (Lipinski definition) is 2. The van der Waals surface area contributed by atoms with E-state index in [4.69, 9.17) is 4.74 Å². The fourth-order valence-electron chi connectivity index (χ4n) is 5.35. The summed E-state index contributed by atoms with van der Waals surface area (Å²) >= 11 is 0. The molecule has 1 amide bonds. The van der Waals surface area contributed by atoms with Crippen molar-refractivity contribution in [2.45, 2.75) is 38.0 Å². The van der Waals surface area contributed by atoms with Crippen molar-refractivity contribution in [1.82, 2.24) is 5.32 Å². The first kappa shape index (κ1) is 19.9. The third kappa shape index (κ3) is 3.97. The third-order valence-corrected chi connectivity index (χ3v) is 6.82. The van der Waals surface area contributed by atoms with Gasteiger partial charge in [-0.1, -0.05) is 66.2 Å². The number of carbonyl (C=O) groups is 1. The first-order chi connectivity index (χ1) is 15.2. The Kier molecular flexibility index (Phi) is 5.50. The largest absolute Gasteiger partial charge is 0.494 e. The highest BCUT2D eigenvalue weighted by atomic mass is 16.5. The van der Waals surface area contributed by atoms with Gasteiger partial charge in [-0.3, -0.25) is 4.79 Å². The number of hydrogen-bond donors (Lipinski definition) is 1. The number of rotatable bonds is 7. The summed E-state index contributed by atoms with van der Waals surface area (Å²) < 4.78 is 5.74. The van der Waals surface area contributed by atoms with Crippen molar-refractivity contribution in [3.05, 3.63) is 101 Å². The lowest BCUT2D eigenvalue weighted by Crippen LogP contribution is -2.39. The molecular formula is C28H29NO2. The smallest absolute Gasteiger partial charge is 0.220 e. The summed E-state index contributed by atoms with van der Waals surface area (Å²) in [6.45, 7) is 3.36. The van der Waals surface area contributed by atoms with Crippen LogP contribution in [0, 0.1) is 12.8 Å². The molecule has 3 aliphatic carbocycles. The molecule has 0 saturated carbocycles. The Morgan fingerprint density at radius 2 is 1.52 bits per heavy atom. The second-order valence-electron chi connectivity index (χ2n) is 8.85. The zero-order chi connectivity index (χ0) is 21.2. The molecule has 0 spiro atoms. The molecule has 0 saturated heterocycles. The average Bonchev–Trinajstić information content (AvgIpc) is 2.82. The van der Waals surface area contributed by atoms with E-state index in [9.17, 15) is 4.79 Å². The van der Waals surface area contributed by atoms with Gasteiger partial charge in [0.15, 0.2) is 0 Å². The van der Waals surface area contributed by atoms with Crippen LogP contribution in [-0.4, -0.2) is 19.1 Å². The van der Waals surface area contributed by atoms with Gasteiger partial charge in [0, 0.05) is 24.8 Å². The molecule has 6 rings (SSSR count). The predicted octanol–water partition coefficient (Wildman–Crippen LogP) is 5.57. The summed E-state index contributed by atoms with van der Waals surface area (Å²) in [5, 5.41) is 3.21. The summed E-state index contributed by atoms with van der Waals surface area (Å²) in [4.78, 5) is 12.5. The van der Waals surface area contributed by atoms with Crippen molar-refractivity contribution in [2.75, 3.05) is 13.2 Å². The van der Waals surface area contributed by atoms with E-state index >= 15 is 0 Å². The average molecular weight is 412 g/mol. The van der Waals surface area contributed by atoms with E-state index in [0.29, 0.717) is 30.8 Å². The highest BCUT2D eigenvalue weighted by Crippen LogP contribution is 2.55. The quantitative estimate of drug-likeness (QED) is 0.516. The maximum atomic E-state index is 12.5. The summed E-state index contributed by atoms with van der Waals surface area (Å²) in [7, 11) is 0. The summed E-state index contributed by atoms with van der Waals surface area (Å²) in [6, 6.07) is 25.7. The molecule has 1 atom stereocenters. The minimum atomic E-state index is 0.121. The lowest BCUT2D eigenvalue weighted by Gasteiger charge is -2.45. The van der Waals surface area contributed by atoms with E-state index in [-0.39, 0.29) is 5.91 Å². The minimum Gasteiger partial charge on any atom is -0.494 e. The molecule has 158 valence electrons. The molecule has 0 aromatic heterocycles. The van der Waals surface area contributed by atoms with Gasteiger partial charge >= 0.3 is 0 Å². The lowest BCUT2D eigenvalue weighted by atomic mass is 9.59. The molecule has 3 aromatic rings. The normalized spacial score (nSPS) is 20.6. The van der Waals surface area contributed by atoms with Crippen LogP contribution in [0.25, 0.3) is 0 Å². The summed E-state index contributed by atoms with van der Waals surface area (Å²) in [5.41, 5.74) is 7.06. The molecule has 3 aliphatic rings. The van der Waals surface area contributed by atoms with Gasteiger partial charge in [0.1, 0.15) is 5.75 Å². The van der Waals surface area contributed by atoms with E-state index < -0.39 is 0 Å². The molecule has 0 radical (unpaired) electrons. The highest BCUT2D eigenvalue weighted by Gasteiger charge is 2.42. The maximum Gasteiger partial charge on any atom is 0.220 e. The van der Waals surface area contributed by atoms with Gasteiger partial charge in [-0.25, -0.2) is 0 Å². The van der Waals surface area contributed by atoms with Crippen LogP contribution in [0.4, 0.5) is 0 Å². The summed E-state index contributed by atoms with van der Waals surface area (Å²) in [5.74, 6) is 2.25. The Morgan fingerprint density at radius 1 is 0.903 bits per heavy atom. The SMILES string of the molecule is Cc1ccc(OCCCC(=O)NCC2CC3c4ccccc4C2c2ccccc23)cc1. The summed E-state index contributed by atoms with van der Waals surface area (Å²) in [6.07, 6.45) is 2.33. The fraction of sp³-hybridized carbons (Fsp3) is 0.321. The van der Waals surface area contributed by atoms with Crippen molar-refractivity contribution in [3.63, 3.8) is 0 Å². The molecule has 0 heterocycles. The van der Waals surface area contributed by atoms with Gasteiger partial charge in [-0.05, 0) is 60.1 Å². The molecule has 3 nitrogen and oxygen atoms in total. The first-order valence-corrected chi connectivity index (χ1v) is 11.3. The molecule has 1 unspecified atom stereocenters. The van der Waals surface area contributed by atoms with Crippen LogP contribution >= 0.6 is 0 Å². The van der Waals surface area contributed by atoms with Crippen LogP contribution in [0.3, 0.4) is 0 Å². The highest BCUT2D eigenvalue weighted by molar-refractivity contribution is 5.75. The Balaban J connectivity index is 1.17. The maximum absolute atomic E-state index is 12.5. The Bertz CT molecular complexity index is 1020. The van der Waals surface area contributed by atoms with Crippen molar-refractivity contribution in [1.29, 1.82) is 0 Å². The number of aryl methyl sites for hydroxylation is 1. The van der Waals surface area contributed by atoms with Gasteiger partial charge in [0.25, 0.3) is 0 Å². The number of ether oxygens (including phenoxy) is 1. The van der Waals surface area contributed by atoms with E-state index in [2.05, 4.69) is 60.8 Å². The minimum absolute atomic E-state index is 0.121. The Hall–Kier alpha value is -3.07. The number of fused-ring (bicyclic) bond motifs is 1. The van der Waals surface area contributed by atoms with E-state index in [1.807, 2.05) is 24.3 Å². The van der Waals surface area contributed by atoms with Gasteiger partial charge in [-0.15, -0.1) is 0 Å². The molecule has 1 N–H and O–H groups in total.